The molecular formula is C10H14N6O2. The number of aryl methyl sites for hydroxylation is 2. The molecule has 0 atom stereocenters. The summed E-state index contributed by atoms with van der Waals surface area (Å²) < 4.78 is 3.13. The van der Waals surface area contributed by atoms with Crippen molar-refractivity contribution < 1.29 is 4.92 Å². The summed E-state index contributed by atoms with van der Waals surface area (Å²) in [6.45, 7) is 5.38. The van der Waals surface area contributed by atoms with Crippen molar-refractivity contribution in [3.05, 3.63) is 33.9 Å². The molecule has 0 radical (unpaired) electrons. The number of rotatable bonds is 3. The van der Waals surface area contributed by atoms with E-state index < -0.39 is 10.5 Å². The van der Waals surface area contributed by atoms with Gasteiger partial charge in [-0.2, -0.15) is 5.10 Å². The third-order valence-electron chi connectivity index (χ3n) is 2.87. The van der Waals surface area contributed by atoms with Gasteiger partial charge in [-0.15, -0.1) is 5.10 Å². The Labute approximate surface area is 103 Å². The lowest BCUT2D eigenvalue weighted by Gasteiger charge is -2.21. The number of hydrogen-bond acceptors (Lipinski definition) is 5. The zero-order chi connectivity index (χ0) is 13.5. The molecule has 8 heteroatoms. The molecule has 0 bridgehead atoms. The average Bonchev–Trinajstić information content (AvgIpc) is 2.84. The molecule has 96 valence electrons. The highest BCUT2D eigenvalue weighted by Gasteiger charge is 2.30. The molecular weight excluding hydrogens is 236 g/mol. The normalized spacial score (nSPS) is 11.8. The van der Waals surface area contributed by atoms with Crippen molar-refractivity contribution in [1.82, 2.24) is 24.8 Å². The van der Waals surface area contributed by atoms with Crippen molar-refractivity contribution in [3.63, 3.8) is 0 Å². The Morgan fingerprint density at radius 3 is 2.50 bits per heavy atom. The van der Waals surface area contributed by atoms with E-state index in [9.17, 15) is 10.1 Å². The third-order valence-corrected chi connectivity index (χ3v) is 2.87. The molecule has 0 saturated carbocycles. The van der Waals surface area contributed by atoms with Crippen molar-refractivity contribution in [2.24, 2.45) is 7.05 Å². The molecule has 2 heterocycles. The van der Waals surface area contributed by atoms with E-state index in [1.165, 1.54) is 6.20 Å². The van der Waals surface area contributed by atoms with Crippen molar-refractivity contribution in [2.45, 2.75) is 26.3 Å². The summed E-state index contributed by atoms with van der Waals surface area (Å²) in [6, 6.07) is 0. The van der Waals surface area contributed by atoms with Crippen molar-refractivity contribution in [2.75, 3.05) is 0 Å². The Hall–Kier alpha value is -2.25. The molecule has 0 aliphatic heterocycles. The van der Waals surface area contributed by atoms with E-state index in [2.05, 4.69) is 15.4 Å². The minimum absolute atomic E-state index is 0.00645. The average molecular weight is 250 g/mol. The molecule has 0 amide bonds. The standard InChI is InChI=1S/C10H14N6O2/c1-7-8(16(17)18)5-15(12-7)10(2,3)9-6-14(4)13-11-9/h5-6H,1-4H3. The Kier molecular flexibility index (Phi) is 2.64. The van der Waals surface area contributed by atoms with Gasteiger partial charge in [-0.1, -0.05) is 5.21 Å². The first-order valence-electron chi connectivity index (χ1n) is 5.40. The fraction of sp³-hybridized carbons (Fsp3) is 0.500. The van der Waals surface area contributed by atoms with Crippen LogP contribution in [0.1, 0.15) is 25.2 Å². The monoisotopic (exact) mass is 250 g/mol. The molecule has 0 saturated heterocycles. The molecule has 0 N–H and O–H groups in total. The van der Waals surface area contributed by atoms with E-state index in [0.29, 0.717) is 11.4 Å². The molecule has 2 aromatic heterocycles. The van der Waals surface area contributed by atoms with Gasteiger partial charge in [0.05, 0.1) is 11.1 Å². The highest BCUT2D eigenvalue weighted by atomic mass is 16.6. The van der Waals surface area contributed by atoms with Gasteiger partial charge in [-0.3, -0.25) is 19.5 Å². The van der Waals surface area contributed by atoms with Gasteiger partial charge in [0.1, 0.15) is 23.1 Å². The van der Waals surface area contributed by atoms with Crippen molar-refractivity contribution in [3.8, 4) is 0 Å². The maximum Gasteiger partial charge on any atom is 0.309 e. The van der Waals surface area contributed by atoms with Gasteiger partial charge in [0.25, 0.3) is 0 Å². The first-order chi connectivity index (χ1) is 8.32. The van der Waals surface area contributed by atoms with Gasteiger partial charge in [-0.05, 0) is 20.8 Å². The van der Waals surface area contributed by atoms with Crippen LogP contribution in [0.5, 0.6) is 0 Å². The molecule has 0 spiro atoms. The Bertz CT molecular complexity index is 597. The van der Waals surface area contributed by atoms with Gasteiger partial charge < -0.3 is 0 Å². The highest BCUT2D eigenvalue weighted by molar-refractivity contribution is 5.32. The lowest BCUT2D eigenvalue weighted by molar-refractivity contribution is -0.385. The van der Waals surface area contributed by atoms with Gasteiger partial charge in [0, 0.05) is 7.05 Å². The van der Waals surface area contributed by atoms with Crippen molar-refractivity contribution >= 4 is 5.69 Å². The predicted molar refractivity (Wildman–Crippen MR) is 63.0 cm³/mol. The molecule has 0 aliphatic rings. The van der Waals surface area contributed by atoms with Crippen LogP contribution in [0.4, 0.5) is 5.69 Å². The topological polar surface area (TPSA) is 91.7 Å². The molecule has 0 unspecified atom stereocenters. The largest absolute Gasteiger partial charge is 0.309 e. The van der Waals surface area contributed by atoms with Crippen LogP contribution in [-0.2, 0) is 12.6 Å². The van der Waals surface area contributed by atoms with Gasteiger partial charge in [0.15, 0.2) is 0 Å². The van der Waals surface area contributed by atoms with Crippen LogP contribution in [0.25, 0.3) is 0 Å². The summed E-state index contributed by atoms with van der Waals surface area (Å²) in [5.41, 5.74) is 0.499. The fourth-order valence-electron chi connectivity index (χ4n) is 1.66. The molecule has 0 fully saturated rings. The molecule has 0 aromatic carbocycles. The zero-order valence-electron chi connectivity index (χ0n) is 10.7. The van der Waals surface area contributed by atoms with Crippen LogP contribution < -0.4 is 0 Å². The first kappa shape index (κ1) is 12.2. The van der Waals surface area contributed by atoms with Crippen LogP contribution in [0, 0.1) is 17.0 Å². The summed E-state index contributed by atoms with van der Waals surface area (Å²) in [7, 11) is 1.77. The molecule has 18 heavy (non-hydrogen) atoms. The summed E-state index contributed by atoms with van der Waals surface area (Å²) in [5, 5.41) is 22.9. The van der Waals surface area contributed by atoms with E-state index in [1.54, 1.807) is 29.5 Å². The number of aromatic nitrogens is 5. The van der Waals surface area contributed by atoms with E-state index in [1.807, 2.05) is 13.8 Å². The maximum absolute atomic E-state index is 10.8. The van der Waals surface area contributed by atoms with E-state index in [-0.39, 0.29) is 5.69 Å². The molecule has 2 aromatic rings. The van der Waals surface area contributed by atoms with E-state index >= 15 is 0 Å². The Morgan fingerprint density at radius 1 is 1.39 bits per heavy atom. The van der Waals surface area contributed by atoms with Gasteiger partial charge >= 0.3 is 5.69 Å². The van der Waals surface area contributed by atoms with Crippen LogP contribution in [-0.4, -0.2) is 29.7 Å². The lowest BCUT2D eigenvalue weighted by atomic mass is 10.0. The molecule has 8 nitrogen and oxygen atoms in total. The first-order valence-corrected chi connectivity index (χ1v) is 5.40. The second kappa shape index (κ2) is 3.90. The second-order valence-corrected chi connectivity index (χ2v) is 4.64. The lowest BCUT2D eigenvalue weighted by Crippen LogP contribution is -2.28. The van der Waals surface area contributed by atoms with Crippen LogP contribution in [0.2, 0.25) is 0 Å². The second-order valence-electron chi connectivity index (χ2n) is 4.64. The smallest absolute Gasteiger partial charge is 0.258 e. The highest BCUT2D eigenvalue weighted by Crippen LogP contribution is 2.26. The Balaban J connectivity index is 2.47. The Morgan fingerprint density at radius 2 is 2.06 bits per heavy atom. The van der Waals surface area contributed by atoms with E-state index in [0.717, 1.165) is 0 Å². The number of hydrogen-bond donors (Lipinski definition) is 0. The summed E-state index contributed by atoms with van der Waals surface area (Å²) in [4.78, 5) is 10.4. The van der Waals surface area contributed by atoms with Gasteiger partial charge in [0.2, 0.25) is 0 Å². The van der Waals surface area contributed by atoms with Crippen LogP contribution >= 0.6 is 0 Å². The molecule has 2 rings (SSSR count). The summed E-state index contributed by atoms with van der Waals surface area (Å²) in [5.74, 6) is 0. The maximum atomic E-state index is 10.8. The predicted octanol–water partition coefficient (Wildman–Crippen LogP) is 1.01. The SMILES string of the molecule is Cc1nn(C(C)(C)c2cn(C)nn2)cc1[N+](=O)[O-]. The van der Waals surface area contributed by atoms with Crippen molar-refractivity contribution in [1.29, 1.82) is 0 Å². The van der Waals surface area contributed by atoms with Crippen LogP contribution in [0.3, 0.4) is 0 Å². The number of nitro groups is 1. The minimum Gasteiger partial charge on any atom is -0.258 e. The summed E-state index contributed by atoms with van der Waals surface area (Å²) >= 11 is 0. The number of nitrogens with zero attached hydrogens (tertiary/aromatic N) is 6. The van der Waals surface area contributed by atoms with Gasteiger partial charge in [-0.25, -0.2) is 0 Å². The minimum atomic E-state index is -0.590. The zero-order valence-corrected chi connectivity index (χ0v) is 10.7. The van der Waals surface area contributed by atoms with Crippen LogP contribution in [0.15, 0.2) is 12.4 Å². The fourth-order valence-corrected chi connectivity index (χ4v) is 1.66. The summed E-state index contributed by atoms with van der Waals surface area (Å²) in [6.07, 6.45) is 3.19. The quantitative estimate of drug-likeness (QED) is 0.598. The third kappa shape index (κ3) is 1.85. The van der Waals surface area contributed by atoms with E-state index in [4.69, 9.17) is 0 Å². The molecule has 0 aliphatic carbocycles.